The Hall–Kier alpha value is -2.16. The second kappa shape index (κ2) is 10.2. The summed E-state index contributed by atoms with van der Waals surface area (Å²) in [6, 6.07) is 14.3. The first-order valence-electron chi connectivity index (χ1n) is 8.65. The van der Waals surface area contributed by atoms with Gasteiger partial charge in [0.05, 0.1) is 24.6 Å². The van der Waals surface area contributed by atoms with Gasteiger partial charge in [0.1, 0.15) is 6.61 Å². The lowest BCUT2D eigenvalue weighted by atomic mass is 10.2. The van der Waals surface area contributed by atoms with Crippen LogP contribution in [-0.4, -0.2) is 46.3 Å². The van der Waals surface area contributed by atoms with Gasteiger partial charge in [-0.3, -0.25) is 4.57 Å². The Labute approximate surface area is 166 Å². The fourth-order valence-corrected chi connectivity index (χ4v) is 3.95. The van der Waals surface area contributed by atoms with Gasteiger partial charge >= 0.3 is 5.97 Å². The lowest BCUT2D eigenvalue weighted by Gasteiger charge is -2.10. The quantitative estimate of drug-likeness (QED) is 0.292. The fraction of sp³-hybridized carbons (Fsp3) is 0.316. The molecule has 0 spiro atoms. The first-order valence-corrected chi connectivity index (χ1v) is 10.5. The molecule has 0 unspecified atom stereocenters. The maximum Gasteiger partial charge on any atom is 0.332 e. The van der Waals surface area contributed by atoms with Crippen molar-refractivity contribution in [1.29, 1.82) is 0 Å². The predicted molar refractivity (Wildman–Crippen MR) is 107 cm³/mol. The first-order chi connectivity index (χ1) is 13.3. The number of ether oxygens (including phenoxy) is 2. The molecule has 3 aromatic rings. The van der Waals surface area contributed by atoms with Crippen LogP contribution in [-0.2, 0) is 20.8 Å². The minimum atomic E-state index is -0.338. The maximum atomic E-state index is 11.3. The van der Waals surface area contributed by atoms with Gasteiger partial charge in [-0.1, -0.05) is 48.2 Å². The molecule has 1 aromatic carbocycles. The van der Waals surface area contributed by atoms with Crippen LogP contribution in [0.15, 0.2) is 53.0 Å². The van der Waals surface area contributed by atoms with Gasteiger partial charge in [0, 0.05) is 5.75 Å². The molecule has 0 atom stereocenters. The minimum absolute atomic E-state index is 0.0223. The van der Waals surface area contributed by atoms with Gasteiger partial charge in [-0.05, 0) is 23.9 Å². The van der Waals surface area contributed by atoms with Crippen LogP contribution >= 0.6 is 23.1 Å². The zero-order valence-electron chi connectivity index (χ0n) is 15.0. The Balaban J connectivity index is 1.65. The predicted octanol–water partition coefficient (Wildman–Crippen LogP) is 3.73. The molecule has 0 saturated heterocycles. The standard InChI is InChI=1S/C19H21N3O3S2/c1-2-25-17(23)14-24-10-12-27-19-21-20-18(16-9-6-11-26-16)22(19)13-15-7-4-3-5-8-15/h3-9,11H,2,10,12-14H2,1H3. The molecule has 2 aromatic heterocycles. The Morgan fingerprint density at radius 2 is 2.04 bits per heavy atom. The van der Waals surface area contributed by atoms with E-state index < -0.39 is 0 Å². The highest BCUT2D eigenvalue weighted by atomic mass is 32.2. The molecule has 0 saturated carbocycles. The molecule has 0 aliphatic heterocycles. The average molecular weight is 404 g/mol. The van der Waals surface area contributed by atoms with Crippen molar-refractivity contribution in [2.45, 2.75) is 18.6 Å². The zero-order valence-corrected chi connectivity index (χ0v) is 16.7. The molecule has 0 aliphatic rings. The molecule has 27 heavy (non-hydrogen) atoms. The van der Waals surface area contributed by atoms with Crippen LogP contribution in [0.2, 0.25) is 0 Å². The van der Waals surface area contributed by atoms with E-state index in [1.165, 1.54) is 5.56 Å². The van der Waals surface area contributed by atoms with E-state index >= 15 is 0 Å². The largest absolute Gasteiger partial charge is 0.464 e. The van der Waals surface area contributed by atoms with Crippen LogP contribution in [0.3, 0.4) is 0 Å². The zero-order chi connectivity index (χ0) is 18.9. The molecule has 0 bridgehead atoms. The summed E-state index contributed by atoms with van der Waals surface area (Å²) in [4.78, 5) is 12.4. The fourth-order valence-electron chi connectivity index (χ4n) is 2.44. The topological polar surface area (TPSA) is 66.2 Å². The molecular formula is C19H21N3O3S2. The monoisotopic (exact) mass is 403 g/mol. The molecule has 0 aliphatic carbocycles. The van der Waals surface area contributed by atoms with Crippen molar-refractivity contribution in [3.8, 4) is 10.7 Å². The summed E-state index contributed by atoms with van der Waals surface area (Å²) in [7, 11) is 0. The number of rotatable bonds is 10. The molecule has 2 heterocycles. The van der Waals surface area contributed by atoms with Gasteiger partial charge in [-0.15, -0.1) is 21.5 Å². The van der Waals surface area contributed by atoms with Crippen molar-refractivity contribution in [3.63, 3.8) is 0 Å². The van der Waals surface area contributed by atoms with Gasteiger partial charge in [-0.25, -0.2) is 4.79 Å². The summed E-state index contributed by atoms with van der Waals surface area (Å²) in [5.74, 6) is 1.20. The maximum absolute atomic E-state index is 11.3. The van der Waals surface area contributed by atoms with E-state index in [4.69, 9.17) is 9.47 Å². The highest BCUT2D eigenvalue weighted by molar-refractivity contribution is 7.99. The van der Waals surface area contributed by atoms with Crippen LogP contribution in [0.25, 0.3) is 10.7 Å². The summed E-state index contributed by atoms with van der Waals surface area (Å²) >= 11 is 3.21. The third-order valence-electron chi connectivity index (χ3n) is 3.63. The molecule has 6 nitrogen and oxygen atoms in total. The number of benzene rings is 1. The van der Waals surface area contributed by atoms with Crippen molar-refractivity contribution in [3.05, 3.63) is 53.4 Å². The number of thiophene rings is 1. The van der Waals surface area contributed by atoms with Gasteiger partial charge in [0.25, 0.3) is 0 Å². The number of hydrogen-bond acceptors (Lipinski definition) is 7. The van der Waals surface area contributed by atoms with Crippen molar-refractivity contribution in [1.82, 2.24) is 14.8 Å². The molecule has 0 radical (unpaired) electrons. The summed E-state index contributed by atoms with van der Waals surface area (Å²) in [6.07, 6.45) is 0. The molecular weight excluding hydrogens is 382 g/mol. The van der Waals surface area contributed by atoms with E-state index in [9.17, 15) is 4.79 Å². The van der Waals surface area contributed by atoms with E-state index in [1.807, 2.05) is 35.7 Å². The van der Waals surface area contributed by atoms with Crippen LogP contribution in [0.1, 0.15) is 12.5 Å². The Morgan fingerprint density at radius 1 is 1.19 bits per heavy atom. The number of esters is 1. The SMILES string of the molecule is CCOC(=O)COCCSc1nnc(-c2cccs2)n1Cc1ccccc1. The second-order valence-corrected chi connectivity index (χ2v) is 7.57. The van der Waals surface area contributed by atoms with E-state index in [1.54, 1.807) is 30.0 Å². The molecule has 142 valence electrons. The molecule has 0 amide bonds. The van der Waals surface area contributed by atoms with Gasteiger partial charge in [0.2, 0.25) is 0 Å². The first kappa shape index (κ1) is 19.6. The van der Waals surface area contributed by atoms with E-state index in [0.29, 0.717) is 25.5 Å². The molecule has 8 heteroatoms. The van der Waals surface area contributed by atoms with E-state index in [2.05, 4.69) is 26.9 Å². The highest BCUT2D eigenvalue weighted by Gasteiger charge is 2.15. The van der Waals surface area contributed by atoms with Crippen molar-refractivity contribution < 1.29 is 14.3 Å². The molecule has 0 fully saturated rings. The lowest BCUT2D eigenvalue weighted by molar-refractivity contribution is -0.148. The third-order valence-corrected chi connectivity index (χ3v) is 5.42. The summed E-state index contributed by atoms with van der Waals surface area (Å²) < 4.78 is 12.3. The smallest absolute Gasteiger partial charge is 0.332 e. The van der Waals surface area contributed by atoms with E-state index in [0.717, 1.165) is 15.9 Å². The van der Waals surface area contributed by atoms with Gasteiger partial charge < -0.3 is 9.47 Å². The summed E-state index contributed by atoms with van der Waals surface area (Å²) in [6.45, 7) is 3.26. The number of aromatic nitrogens is 3. The van der Waals surface area contributed by atoms with Gasteiger partial charge in [0.15, 0.2) is 11.0 Å². The van der Waals surface area contributed by atoms with Crippen LogP contribution < -0.4 is 0 Å². The minimum Gasteiger partial charge on any atom is -0.464 e. The Bertz CT molecular complexity index is 835. The summed E-state index contributed by atoms with van der Waals surface area (Å²) in [5, 5.41) is 11.6. The van der Waals surface area contributed by atoms with Crippen LogP contribution in [0.4, 0.5) is 0 Å². The molecule has 3 rings (SSSR count). The molecule has 0 N–H and O–H groups in total. The number of carbonyl (C=O) groups excluding carboxylic acids is 1. The number of carbonyl (C=O) groups is 1. The Morgan fingerprint density at radius 3 is 2.78 bits per heavy atom. The average Bonchev–Trinajstić information content (AvgIpc) is 3.33. The number of nitrogens with zero attached hydrogens (tertiary/aromatic N) is 3. The van der Waals surface area contributed by atoms with Crippen LogP contribution in [0, 0.1) is 0 Å². The Kier molecular flexibility index (Phi) is 7.44. The second-order valence-electron chi connectivity index (χ2n) is 5.56. The third kappa shape index (κ3) is 5.66. The van der Waals surface area contributed by atoms with Crippen LogP contribution in [0.5, 0.6) is 0 Å². The summed E-state index contributed by atoms with van der Waals surface area (Å²) in [5.41, 5.74) is 1.19. The van der Waals surface area contributed by atoms with Crippen molar-refractivity contribution >= 4 is 29.1 Å². The van der Waals surface area contributed by atoms with Gasteiger partial charge in [-0.2, -0.15) is 0 Å². The normalized spacial score (nSPS) is 10.9. The van der Waals surface area contributed by atoms with E-state index in [-0.39, 0.29) is 12.6 Å². The van der Waals surface area contributed by atoms with Crippen molar-refractivity contribution in [2.24, 2.45) is 0 Å². The highest BCUT2D eigenvalue weighted by Crippen LogP contribution is 2.28. The number of hydrogen-bond donors (Lipinski definition) is 0. The lowest BCUT2D eigenvalue weighted by Crippen LogP contribution is -2.13. The number of thioether (sulfide) groups is 1. The van der Waals surface area contributed by atoms with Crippen molar-refractivity contribution in [2.75, 3.05) is 25.6 Å².